The van der Waals surface area contributed by atoms with E-state index >= 15 is 0 Å². The Morgan fingerprint density at radius 2 is 2.40 bits per heavy atom. The molecule has 2 atom stereocenters. The van der Waals surface area contributed by atoms with Gasteiger partial charge in [-0.2, -0.15) is 5.10 Å². The summed E-state index contributed by atoms with van der Waals surface area (Å²) in [5, 5.41) is 8.11. The maximum absolute atomic E-state index is 5.87. The second-order valence-electron chi connectivity index (χ2n) is 5.91. The van der Waals surface area contributed by atoms with Gasteiger partial charge in [0.1, 0.15) is 0 Å². The first kappa shape index (κ1) is 14.0. The molecule has 1 N–H and O–H groups in total. The predicted molar refractivity (Wildman–Crippen MR) is 78.7 cm³/mol. The summed E-state index contributed by atoms with van der Waals surface area (Å²) in [4.78, 5) is 2.46. The zero-order chi connectivity index (χ0) is 13.9. The van der Waals surface area contributed by atoms with E-state index in [-0.39, 0.29) is 0 Å². The van der Waals surface area contributed by atoms with Gasteiger partial charge >= 0.3 is 0 Å². The van der Waals surface area contributed by atoms with Gasteiger partial charge in [-0.15, -0.1) is 0 Å². The third-order valence-corrected chi connectivity index (χ3v) is 4.64. The van der Waals surface area contributed by atoms with Gasteiger partial charge in [0.05, 0.1) is 18.9 Å². The smallest absolute Gasteiger partial charge is 0.0826 e. The quantitative estimate of drug-likeness (QED) is 0.896. The fourth-order valence-corrected chi connectivity index (χ4v) is 3.38. The minimum atomic E-state index is 0.325. The third kappa shape index (κ3) is 2.90. The number of nitrogens with one attached hydrogen (secondary N) is 1. The molecule has 1 saturated heterocycles. The van der Waals surface area contributed by atoms with Crippen LogP contribution in [0.25, 0.3) is 0 Å². The van der Waals surface area contributed by atoms with Crippen LogP contribution >= 0.6 is 0 Å². The van der Waals surface area contributed by atoms with Crippen LogP contribution in [0.15, 0.2) is 6.20 Å². The summed E-state index contributed by atoms with van der Waals surface area (Å²) in [6.45, 7) is 7.27. The summed E-state index contributed by atoms with van der Waals surface area (Å²) in [7, 11) is 2.05. The van der Waals surface area contributed by atoms with Crippen molar-refractivity contribution in [3.63, 3.8) is 0 Å². The lowest BCUT2D eigenvalue weighted by molar-refractivity contribution is -0.0266. The van der Waals surface area contributed by atoms with Crippen LogP contribution in [0.1, 0.15) is 37.1 Å². The number of nitrogens with zero attached hydrogens (tertiary/aromatic N) is 3. The van der Waals surface area contributed by atoms with E-state index in [1.54, 1.807) is 0 Å². The summed E-state index contributed by atoms with van der Waals surface area (Å²) in [6, 6.07) is 0.452. The molecule has 1 aromatic heterocycles. The normalized spacial score (nSPS) is 27.5. The molecule has 2 heterocycles. The van der Waals surface area contributed by atoms with Gasteiger partial charge in [0.15, 0.2) is 0 Å². The minimum Gasteiger partial charge on any atom is -0.374 e. The van der Waals surface area contributed by atoms with E-state index in [0.29, 0.717) is 12.1 Å². The Kier molecular flexibility index (Phi) is 4.38. The molecule has 2 unspecified atom stereocenters. The molecule has 112 valence electrons. The fraction of sp³-hybridized carbons (Fsp3) is 0.800. The first-order valence-electron chi connectivity index (χ1n) is 7.86. The van der Waals surface area contributed by atoms with Gasteiger partial charge in [-0.3, -0.25) is 9.58 Å². The van der Waals surface area contributed by atoms with Crippen LogP contribution in [0, 0.1) is 0 Å². The highest BCUT2D eigenvalue weighted by atomic mass is 16.5. The Morgan fingerprint density at radius 3 is 3.25 bits per heavy atom. The van der Waals surface area contributed by atoms with Crippen molar-refractivity contribution in [2.24, 2.45) is 7.05 Å². The van der Waals surface area contributed by atoms with E-state index in [1.807, 2.05) is 17.9 Å². The fourth-order valence-electron chi connectivity index (χ4n) is 3.38. The van der Waals surface area contributed by atoms with Crippen LogP contribution < -0.4 is 5.32 Å². The summed E-state index contributed by atoms with van der Waals surface area (Å²) in [5.41, 5.74) is 2.79. The van der Waals surface area contributed by atoms with Crippen molar-refractivity contribution >= 4 is 0 Å². The third-order valence-electron chi connectivity index (χ3n) is 4.64. The van der Waals surface area contributed by atoms with Crippen LogP contribution in [0.5, 0.6) is 0 Å². The molecule has 3 rings (SSSR count). The van der Waals surface area contributed by atoms with Gasteiger partial charge in [0.25, 0.3) is 0 Å². The monoisotopic (exact) mass is 278 g/mol. The number of hydrogen-bond acceptors (Lipinski definition) is 4. The van der Waals surface area contributed by atoms with E-state index in [0.717, 1.165) is 39.2 Å². The molecule has 1 aliphatic heterocycles. The highest BCUT2D eigenvalue weighted by Gasteiger charge is 2.25. The van der Waals surface area contributed by atoms with E-state index in [9.17, 15) is 0 Å². The topological polar surface area (TPSA) is 42.3 Å². The standard InChI is InChI=1S/C15H26N4O/c1-3-19-7-8-20-12(11-19)9-16-14-5-4-6-15-13(14)10-17-18(15)2/h10,12,14,16H,3-9,11H2,1-2H3. The van der Waals surface area contributed by atoms with Crippen LogP contribution in [0.2, 0.25) is 0 Å². The maximum Gasteiger partial charge on any atom is 0.0826 e. The molecule has 2 aliphatic rings. The van der Waals surface area contributed by atoms with Gasteiger partial charge in [-0.05, 0) is 25.8 Å². The molecular formula is C15H26N4O. The average Bonchev–Trinajstić information content (AvgIpc) is 2.88. The zero-order valence-electron chi connectivity index (χ0n) is 12.6. The molecule has 0 bridgehead atoms. The van der Waals surface area contributed by atoms with Gasteiger partial charge in [0.2, 0.25) is 0 Å². The van der Waals surface area contributed by atoms with Crippen LogP contribution in [0.4, 0.5) is 0 Å². The predicted octanol–water partition coefficient (Wildman–Crippen LogP) is 1.11. The molecular weight excluding hydrogens is 252 g/mol. The number of morpholine rings is 1. The Bertz CT molecular complexity index is 445. The molecule has 0 amide bonds. The lowest BCUT2D eigenvalue weighted by Crippen LogP contribution is -2.47. The average molecular weight is 278 g/mol. The first-order valence-corrected chi connectivity index (χ1v) is 7.86. The molecule has 20 heavy (non-hydrogen) atoms. The van der Waals surface area contributed by atoms with Gasteiger partial charge in [-0.1, -0.05) is 6.92 Å². The van der Waals surface area contributed by atoms with E-state index in [4.69, 9.17) is 4.74 Å². The van der Waals surface area contributed by atoms with E-state index in [2.05, 4.69) is 22.2 Å². The number of hydrogen-bond donors (Lipinski definition) is 1. The number of likely N-dealkylation sites (N-methyl/N-ethyl adjacent to an activating group) is 1. The summed E-state index contributed by atoms with van der Waals surface area (Å²) in [5.74, 6) is 0. The highest BCUT2D eigenvalue weighted by molar-refractivity contribution is 5.24. The molecule has 1 aliphatic carbocycles. The van der Waals surface area contributed by atoms with Crippen molar-refractivity contribution in [1.29, 1.82) is 0 Å². The Morgan fingerprint density at radius 1 is 1.50 bits per heavy atom. The zero-order valence-corrected chi connectivity index (χ0v) is 12.6. The van der Waals surface area contributed by atoms with Gasteiger partial charge in [0, 0.05) is 44.0 Å². The van der Waals surface area contributed by atoms with Crippen molar-refractivity contribution in [3.8, 4) is 0 Å². The van der Waals surface area contributed by atoms with E-state index < -0.39 is 0 Å². The lowest BCUT2D eigenvalue weighted by Gasteiger charge is -2.33. The molecule has 1 aromatic rings. The molecule has 1 fully saturated rings. The minimum absolute atomic E-state index is 0.325. The first-order chi connectivity index (χ1) is 9.78. The number of aromatic nitrogens is 2. The van der Waals surface area contributed by atoms with Crippen molar-refractivity contribution in [3.05, 3.63) is 17.5 Å². The van der Waals surface area contributed by atoms with Crippen molar-refractivity contribution in [2.75, 3.05) is 32.8 Å². The lowest BCUT2D eigenvalue weighted by atomic mass is 9.93. The molecule has 5 heteroatoms. The number of ether oxygens (including phenoxy) is 1. The van der Waals surface area contributed by atoms with E-state index in [1.165, 1.54) is 24.1 Å². The summed E-state index contributed by atoms with van der Waals surface area (Å²) >= 11 is 0. The molecule has 0 radical (unpaired) electrons. The summed E-state index contributed by atoms with van der Waals surface area (Å²) in [6.07, 6.45) is 5.98. The van der Waals surface area contributed by atoms with Crippen molar-refractivity contribution in [2.45, 2.75) is 38.3 Å². The SMILES string of the molecule is CCN1CCOC(CNC2CCCc3c2cnn3C)C1. The molecule has 0 spiro atoms. The second-order valence-corrected chi connectivity index (χ2v) is 5.91. The van der Waals surface area contributed by atoms with Crippen molar-refractivity contribution in [1.82, 2.24) is 20.0 Å². The highest BCUT2D eigenvalue weighted by Crippen LogP contribution is 2.29. The van der Waals surface area contributed by atoms with Gasteiger partial charge in [-0.25, -0.2) is 0 Å². The number of fused-ring (bicyclic) bond motifs is 1. The molecule has 0 aromatic carbocycles. The molecule has 0 saturated carbocycles. The Hall–Kier alpha value is -0.910. The summed E-state index contributed by atoms with van der Waals surface area (Å²) < 4.78 is 7.90. The second kappa shape index (κ2) is 6.24. The van der Waals surface area contributed by atoms with Crippen LogP contribution in [0.3, 0.4) is 0 Å². The largest absolute Gasteiger partial charge is 0.374 e. The number of rotatable bonds is 4. The Balaban J connectivity index is 1.56. The molecule has 5 nitrogen and oxygen atoms in total. The van der Waals surface area contributed by atoms with Crippen molar-refractivity contribution < 1.29 is 4.74 Å². The van der Waals surface area contributed by atoms with Gasteiger partial charge < -0.3 is 10.1 Å². The Labute approximate surface area is 121 Å². The maximum atomic E-state index is 5.87. The van der Waals surface area contributed by atoms with Crippen LogP contribution in [-0.2, 0) is 18.2 Å². The number of aryl methyl sites for hydroxylation is 1. The van der Waals surface area contributed by atoms with Crippen LogP contribution in [-0.4, -0.2) is 53.6 Å².